The third kappa shape index (κ3) is 2.99. The first-order valence-electron chi connectivity index (χ1n) is 8.00. The molecule has 5 heteroatoms. The molecule has 118 valence electrons. The summed E-state index contributed by atoms with van der Waals surface area (Å²) in [5.41, 5.74) is 1.56. The highest BCUT2D eigenvalue weighted by molar-refractivity contribution is 5.97. The molecule has 1 atom stereocenters. The van der Waals surface area contributed by atoms with Gasteiger partial charge in [-0.1, -0.05) is 6.92 Å². The van der Waals surface area contributed by atoms with Crippen LogP contribution in [0.25, 0.3) is 0 Å². The molecule has 2 amide bonds. The van der Waals surface area contributed by atoms with Gasteiger partial charge >= 0.3 is 0 Å². The summed E-state index contributed by atoms with van der Waals surface area (Å²) in [7, 11) is 0. The minimum atomic E-state index is 0.0426. The minimum Gasteiger partial charge on any atom is -0.375 e. The molecule has 0 aromatic heterocycles. The van der Waals surface area contributed by atoms with E-state index in [2.05, 4.69) is 6.92 Å². The van der Waals surface area contributed by atoms with Gasteiger partial charge in [-0.05, 0) is 37.1 Å². The van der Waals surface area contributed by atoms with Crippen molar-refractivity contribution in [3.63, 3.8) is 0 Å². The minimum absolute atomic E-state index is 0.0426. The third-order valence-electron chi connectivity index (χ3n) is 4.38. The molecule has 0 N–H and O–H groups in total. The maximum Gasteiger partial charge on any atom is 0.254 e. The summed E-state index contributed by atoms with van der Waals surface area (Å²) in [6.45, 7) is 4.74. The van der Waals surface area contributed by atoms with E-state index in [1.54, 1.807) is 4.90 Å². The fourth-order valence-corrected chi connectivity index (χ4v) is 3.04. The monoisotopic (exact) mass is 302 g/mol. The molecule has 2 saturated heterocycles. The van der Waals surface area contributed by atoms with Crippen LogP contribution in [0.3, 0.4) is 0 Å². The molecule has 1 aromatic rings. The summed E-state index contributed by atoms with van der Waals surface area (Å²) < 4.78 is 5.60. The lowest BCUT2D eigenvalue weighted by Crippen LogP contribution is -2.45. The quantitative estimate of drug-likeness (QED) is 0.859. The molecule has 2 aliphatic heterocycles. The number of carbonyl (C=O) groups is 2. The van der Waals surface area contributed by atoms with Crippen molar-refractivity contribution in [2.45, 2.75) is 32.3 Å². The Morgan fingerprint density at radius 3 is 2.68 bits per heavy atom. The number of benzene rings is 1. The first-order valence-corrected chi connectivity index (χ1v) is 8.00. The predicted octanol–water partition coefficient (Wildman–Crippen LogP) is 2.06. The van der Waals surface area contributed by atoms with Gasteiger partial charge in [0.1, 0.15) is 0 Å². The van der Waals surface area contributed by atoms with Gasteiger partial charge < -0.3 is 14.5 Å². The van der Waals surface area contributed by atoms with E-state index in [0.29, 0.717) is 31.7 Å². The van der Waals surface area contributed by atoms with Gasteiger partial charge in [-0.15, -0.1) is 0 Å². The smallest absolute Gasteiger partial charge is 0.254 e. The summed E-state index contributed by atoms with van der Waals surface area (Å²) in [5, 5.41) is 0. The molecule has 2 fully saturated rings. The lowest BCUT2D eigenvalue weighted by molar-refractivity contribution is -0.117. The number of morpholine rings is 1. The Bertz CT molecular complexity index is 556. The van der Waals surface area contributed by atoms with E-state index in [9.17, 15) is 9.59 Å². The molecule has 22 heavy (non-hydrogen) atoms. The molecule has 0 bridgehead atoms. The van der Waals surface area contributed by atoms with Gasteiger partial charge in [0.15, 0.2) is 0 Å². The zero-order valence-corrected chi connectivity index (χ0v) is 13.0. The molecule has 0 aliphatic carbocycles. The molecular weight excluding hydrogens is 280 g/mol. The standard InChI is InChI=1S/C17H22N2O3/c1-2-15-12-18(10-11-22-15)17(21)13-5-7-14(8-6-13)19-9-3-4-16(19)20/h5-8,15H,2-4,9-12H2,1H3/t15-/m0/s1. The molecule has 5 nitrogen and oxygen atoms in total. The van der Waals surface area contributed by atoms with Gasteiger partial charge in [0, 0.05) is 37.3 Å². The second-order valence-electron chi connectivity index (χ2n) is 5.85. The van der Waals surface area contributed by atoms with Crippen LogP contribution in [0.1, 0.15) is 36.5 Å². The Labute approximate surface area is 130 Å². The lowest BCUT2D eigenvalue weighted by Gasteiger charge is -2.32. The molecule has 3 rings (SSSR count). The Hall–Kier alpha value is -1.88. The number of ether oxygens (including phenoxy) is 1. The van der Waals surface area contributed by atoms with Crippen LogP contribution in [0.2, 0.25) is 0 Å². The number of hydrogen-bond acceptors (Lipinski definition) is 3. The number of amides is 2. The topological polar surface area (TPSA) is 49.9 Å². The second-order valence-corrected chi connectivity index (χ2v) is 5.85. The summed E-state index contributed by atoms with van der Waals surface area (Å²) in [4.78, 5) is 27.9. The van der Waals surface area contributed by atoms with Crippen LogP contribution < -0.4 is 4.90 Å². The first kappa shape index (κ1) is 15.0. The summed E-state index contributed by atoms with van der Waals surface area (Å²) >= 11 is 0. The van der Waals surface area contributed by atoms with E-state index in [4.69, 9.17) is 4.74 Å². The normalized spacial score (nSPS) is 22.2. The molecular formula is C17H22N2O3. The van der Waals surface area contributed by atoms with Gasteiger partial charge in [0.25, 0.3) is 5.91 Å². The van der Waals surface area contributed by atoms with Crippen LogP contribution in [-0.4, -0.2) is 49.1 Å². The number of carbonyl (C=O) groups excluding carboxylic acids is 2. The number of anilines is 1. The second kappa shape index (κ2) is 6.48. The maximum absolute atomic E-state index is 12.5. The highest BCUT2D eigenvalue weighted by Gasteiger charge is 2.25. The van der Waals surface area contributed by atoms with E-state index < -0.39 is 0 Å². The van der Waals surface area contributed by atoms with E-state index >= 15 is 0 Å². The fourth-order valence-electron chi connectivity index (χ4n) is 3.04. The van der Waals surface area contributed by atoms with E-state index in [1.807, 2.05) is 29.2 Å². The van der Waals surface area contributed by atoms with Gasteiger partial charge in [-0.3, -0.25) is 9.59 Å². The van der Waals surface area contributed by atoms with E-state index in [-0.39, 0.29) is 17.9 Å². The summed E-state index contributed by atoms with van der Waals surface area (Å²) in [5.74, 6) is 0.207. The Kier molecular flexibility index (Phi) is 4.43. The number of rotatable bonds is 3. The predicted molar refractivity (Wildman–Crippen MR) is 84.0 cm³/mol. The van der Waals surface area contributed by atoms with Gasteiger partial charge in [0.2, 0.25) is 5.91 Å². The Morgan fingerprint density at radius 2 is 2.05 bits per heavy atom. The van der Waals surface area contributed by atoms with Crippen LogP contribution in [-0.2, 0) is 9.53 Å². The maximum atomic E-state index is 12.5. The molecule has 2 aliphatic rings. The van der Waals surface area contributed by atoms with Crippen molar-refractivity contribution >= 4 is 17.5 Å². The average molecular weight is 302 g/mol. The van der Waals surface area contributed by atoms with Crippen molar-refractivity contribution in [1.29, 1.82) is 0 Å². The first-order chi connectivity index (χ1) is 10.7. The Balaban J connectivity index is 1.69. The van der Waals surface area contributed by atoms with Crippen molar-refractivity contribution < 1.29 is 14.3 Å². The summed E-state index contributed by atoms with van der Waals surface area (Å²) in [6, 6.07) is 7.38. The summed E-state index contributed by atoms with van der Waals surface area (Å²) in [6.07, 6.45) is 2.58. The lowest BCUT2D eigenvalue weighted by atomic mass is 10.1. The van der Waals surface area contributed by atoms with Gasteiger partial charge in [-0.25, -0.2) is 0 Å². The van der Waals surface area contributed by atoms with Crippen LogP contribution >= 0.6 is 0 Å². The highest BCUT2D eigenvalue weighted by Crippen LogP contribution is 2.22. The zero-order valence-electron chi connectivity index (χ0n) is 13.0. The SMILES string of the molecule is CC[C@H]1CN(C(=O)c2ccc(N3CCCC3=O)cc2)CCO1. The average Bonchev–Trinajstić information content (AvgIpc) is 3.00. The van der Waals surface area contributed by atoms with Crippen LogP contribution in [0.5, 0.6) is 0 Å². The molecule has 0 unspecified atom stereocenters. The van der Waals surface area contributed by atoms with Crippen molar-refractivity contribution in [1.82, 2.24) is 4.90 Å². The Morgan fingerprint density at radius 1 is 1.27 bits per heavy atom. The fraction of sp³-hybridized carbons (Fsp3) is 0.529. The highest BCUT2D eigenvalue weighted by atomic mass is 16.5. The van der Waals surface area contributed by atoms with E-state index in [1.165, 1.54) is 0 Å². The largest absolute Gasteiger partial charge is 0.375 e. The third-order valence-corrected chi connectivity index (χ3v) is 4.38. The molecule has 0 spiro atoms. The van der Waals surface area contributed by atoms with Gasteiger partial charge in [0.05, 0.1) is 12.7 Å². The van der Waals surface area contributed by atoms with Crippen molar-refractivity contribution in [3.05, 3.63) is 29.8 Å². The van der Waals surface area contributed by atoms with Crippen molar-refractivity contribution in [2.24, 2.45) is 0 Å². The molecule has 1 aromatic carbocycles. The number of hydrogen-bond donors (Lipinski definition) is 0. The van der Waals surface area contributed by atoms with Crippen molar-refractivity contribution in [2.75, 3.05) is 31.1 Å². The van der Waals surface area contributed by atoms with E-state index in [0.717, 1.165) is 25.1 Å². The van der Waals surface area contributed by atoms with Gasteiger partial charge in [-0.2, -0.15) is 0 Å². The van der Waals surface area contributed by atoms with Crippen LogP contribution in [0, 0.1) is 0 Å². The molecule has 0 radical (unpaired) electrons. The van der Waals surface area contributed by atoms with Crippen molar-refractivity contribution in [3.8, 4) is 0 Å². The molecule has 0 saturated carbocycles. The van der Waals surface area contributed by atoms with Crippen LogP contribution in [0.15, 0.2) is 24.3 Å². The van der Waals surface area contributed by atoms with Crippen LogP contribution in [0.4, 0.5) is 5.69 Å². The zero-order chi connectivity index (χ0) is 15.5. The molecule has 2 heterocycles. The number of nitrogens with zero attached hydrogens (tertiary/aromatic N) is 2.